The first kappa shape index (κ1) is 15.3. The van der Waals surface area contributed by atoms with Gasteiger partial charge in [-0.15, -0.1) is 0 Å². The summed E-state index contributed by atoms with van der Waals surface area (Å²) < 4.78 is 0. The highest BCUT2D eigenvalue weighted by molar-refractivity contribution is 5.76. The van der Waals surface area contributed by atoms with E-state index in [-0.39, 0.29) is 0 Å². The summed E-state index contributed by atoms with van der Waals surface area (Å²) in [5.74, 6) is 1.74. The average molecular weight is 292 g/mol. The van der Waals surface area contributed by atoms with Crippen LogP contribution in [-0.4, -0.2) is 37.0 Å². The molecule has 3 heteroatoms. The number of amides is 1. The van der Waals surface area contributed by atoms with Crippen LogP contribution in [0.15, 0.2) is 0 Å². The zero-order valence-electron chi connectivity index (χ0n) is 13.7. The van der Waals surface area contributed by atoms with Gasteiger partial charge in [-0.25, -0.2) is 0 Å². The van der Waals surface area contributed by atoms with E-state index in [0.717, 1.165) is 38.5 Å². The second-order valence-corrected chi connectivity index (χ2v) is 7.89. The minimum absolute atomic E-state index is 0.434. The third kappa shape index (κ3) is 3.61. The standard InChI is InChI=1S/C18H32N2O/c1-15(16-5-10-19-11-6-16)13-17(21)20-12-9-18(14-20)7-3-2-4-8-18/h15-16,19H,2-14H2,1H3. The fourth-order valence-electron chi connectivity index (χ4n) is 4.84. The molecule has 0 aromatic carbocycles. The molecule has 0 aromatic heterocycles. The van der Waals surface area contributed by atoms with Crippen LogP contribution < -0.4 is 5.32 Å². The molecule has 1 amide bonds. The summed E-state index contributed by atoms with van der Waals surface area (Å²) in [7, 11) is 0. The van der Waals surface area contributed by atoms with Crippen LogP contribution in [0.4, 0.5) is 0 Å². The molecule has 120 valence electrons. The van der Waals surface area contributed by atoms with Crippen molar-refractivity contribution in [2.24, 2.45) is 17.3 Å². The van der Waals surface area contributed by atoms with Crippen LogP contribution in [0.5, 0.6) is 0 Å². The molecule has 3 fully saturated rings. The SMILES string of the molecule is CC(CC(=O)N1CCC2(CCCCC2)C1)C1CCNCC1. The number of hydrogen-bond donors (Lipinski definition) is 1. The first-order valence-electron chi connectivity index (χ1n) is 9.17. The quantitative estimate of drug-likeness (QED) is 0.866. The van der Waals surface area contributed by atoms with Gasteiger partial charge in [-0.1, -0.05) is 26.2 Å². The highest BCUT2D eigenvalue weighted by Crippen LogP contribution is 2.44. The highest BCUT2D eigenvalue weighted by Gasteiger charge is 2.40. The maximum Gasteiger partial charge on any atom is 0.222 e. The Morgan fingerprint density at radius 3 is 2.62 bits per heavy atom. The Kier molecular flexibility index (Phi) is 4.88. The van der Waals surface area contributed by atoms with Crippen LogP contribution in [-0.2, 0) is 4.79 Å². The van der Waals surface area contributed by atoms with Crippen molar-refractivity contribution in [1.82, 2.24) is 10.2 Å². The summed E-state index contributed by atoms with van der Waals surface area (Å²) in [6.07, 6.45) is 11.4. The van der Waals surface area contributed by atoms with Gasteiger partial charge in [0.15, 0.2) is 0 Å². The second kappa shape index (κ2) is 6.68. The Morgan fingerprint density at radius 2 is 1.90 bits per heavy atom. The maximum atomic E-state index is 12.6. The van der Waals surface area contributed by atoms with Gasteiger partial charge in [0.1, 0.15) is 0 Å². The van der Waals surface area contributed by atoms with E-state index in [1.165, 1.54) is 51.4 Å². The Labute approximate surface area is 129 Å². The molecule has 1 atom stereocenters. The van der Waals surface area contributed by atoms with E-state index >= 15 is 0 Å². The predicted molar refractivity (Wildman–Crippen MR) is 86.1 cm³/mol. The number of nitrogens with one attached hydrogen (secondary N) is 1. The summed E-state index contributed by atoms with van der Waals surface area (Å²) in [5.41, 5.74) is 0.506. The normalized spacial score (nSPS) is 28.0. The number of likely N-dealkylation sites (tertiary alicyclic amines) is 1. The zero-order valence-corrected chi connectivity index (χ0v) is 13.7. The van der Waals surface area contributed by atoms with Gasteiger partial charge in [-0.2, -0.15) is 0 Å². The third-order valence-electron chi connectivity index (χ3n) is 6.39. The smallest absolute Gasteiger partial charge is 0.222 e. The van der Waals surface area contributed by atoms with Crippen molar-refractivity contribution >= 4 is 5.91 Å². The van der Waals surface area contributed by atoms with Crippen molar-refractivity contribution in [2.75, 3.05) is 26.2 Å². The fraction of sp³-hybridized carbons (Fsp3) is 0.944. The molecular weight excluding hydrogens is 260 g/mol. The molecule has 1 spiro atoms. The lowest BCUT2D eigenvalue weighted by molar-refractivity contribution is -0.132. The van der Waals surface area contributed by atoms with Gasteiger partial charge in [0, 0.05) is 19.5 Å². The molecular formula is C18H32N2O. The van der Waals surface area contributed by atoms with Gasteiger partial charge < -0.3 is 10.2 Å². The Bertz CT molecular complexity index is 356. The molecule has 0 bridgehead atoms. The van der Waals surface area contributed by atoms with E-state index in [9.17, 15) is 4.79 Å². The summed E-state index contributed by atoms with van der Waals surface area (Å²) >= 11 is 0. The Morgan fingerprint density at radius 1 is 1.19 bits per heavy atom. The molecule has 1 saturated carbocycles. The number of hydrogen-bond acceptors (Lipinski definition) is 2. The predicted octanol–water partition coefficient (Wildman–Crippen LogP) is 3.20. The molecule has 1 aliphatic carbocycles. The van der Waals surface area contributed by atoms with Gasteiger partial charge in [-0.3, -0.25) is 4.79 Å². The molecule has 3 rings (SSSR count). The molecule has 3 nitrogen and oxygen atoms in total. The molecule has 21 heavy (non-hydrogen) atoms. The van der Waals surface area contributed by atoms with Crippen LogP contribution in [0.1, 0.15) is 64.7 Å². The van der Waals surface area contributed by atoms with E-state index in [1.54, 1.807) is 0 Å². The van der Waals surface area contributed by atoms with Crippen molar-refractivity contribution in [1.29, 1.82) is 0 Å². The van der Waals surface area contributed by atoms with E-state index in [1.807, 2.05) is 0 Å². The number of carbonyl (C=O) groups excluding carboxylic acids is 1. The maximum absolute atomic E-state index is 12.6. The third-order valence-corrected chi connectivity index (χ3v) is 6.39. The fourth-order valence-corrected chi connectivity index (χ4v) is 4.84. The Hall–Kier alpha value is -0.570. The molecule has 2 aliphatic heterocycles. The number of rotatable bonds is 3. The van der Waals surface area contributed by atoms with E-state index in [2.05, 4.69) is 17.1 Å². The monoisotopic (exact) mass is 292 g/mol. The lowest BCUT2D eigenvalue weighted by atomic mass is 9.73. The minimum atomic E-state index is 0.434. The molecule has 1 unspecified atom stereocenters. The first-order chi connectivity index (χ1) is 10.2. The summed E-state index contributed by atoms with van der Waals surface area (Å²) in [6.45, 7) is 6.65. The van der Waals surface area contributed by atoms with Gasteiger partial charge in [0.05, 0.1) is 0 Å². The second-order valence-electron chi connectivity index (χ2n) is 7.89. The van der Waals surface area contributed by atoms with Gasteiger partial charge in [-0.05, 0) is 62.4 Å². The van der Waals surface area contributed by atoms with Gasteiger partial charge in [0.25, 0.3) is 0 Å². The average Bonchev–Trinajstić information content (AvgIpc) is 2.92. The number of piperidine rings is 1. The Balaban J connectivity index is 1.49. The first-order valence-corrected chi connectivity index (χ1v) is 9.17. The van der Waals surface area contributed by atoms with Crippen LogP contribution in [0, 0.1) is 17.3 Å². The summed E-state index contributed by atoms with van der Waals surface area (Å²) in [5, 5.41) is 3.42. The minimum Gasteiger partial charge on any atom is -0.342 e. The molecule has 1 N–H and O–H groups in total. The van der Waals surface area contributed by atoms with Crippen LogP contribution >= 0.6 is 0 Å². The van der Waals surface area contributed by atoms with E-state index in [0.29, 0.717) is 17.2 Å². The van der Waals surface area contributed by atoms with Crippen LogP contribution in [0.2, 0.25) is 0 Å². The zero-order chi connectivity index (χ0) is 14.7. The lowest BCUT2D eigenvalue weighted by Gasteiger charge is -2.33. The highest BCUT2D eigenvalue weighted by atomic mass is 16.2. The molecule has 2 saturated heterocycles. The van der Waals surface area contributed by atoms with Crippen molar-refractivity contribution in [3.8, 4) is 0 Å². The van der Waals surface area contributed by atoms with Crippen molar-refractivity contribution < 1.29 is 4.79 Å². The summed E-state index contributed by atoms with van der Waals surface area (Å²) in [4.78, 5) is 14.8. The van der Waals surface area contributed by atoms with Crippen LogP contribution in [0.25, 0.3) is 0 Å². The van der Waals surface area contributed by atoms with Crippen molar-refractivity contribution in [2.45, 2.75) is 64.7 Å². The van der Waals surface area contributed by atoms with Crippen LogP contribution in [0.3, 0.4) is 0 Å². The van der Waals surface area contributed by atoms with Gasteiger partial charge >= 0.3 is 0 Å². The largest absolute Gasteiger partial charge is 0.342 e. The van der Waals surface area contributed by atoms with E-state index < -0.39 is 0 Å². The topological polar surface area (TPSA) is 32.3 Å². The van der Waals surface area contributed by atoms with Crippen molar-refractivity contribution in [3.63, 3.8) is 0 Å². The number of nitrogens with zero attached hydrogens (tertiary/aromatic N) is 1. The molecule has 3 aliphatic rings. The summed E-state index contributed by atoms with van der Waals surface area (Å²) in [6, 6.07) is 0. The lowest BCUT2D eigenvalue weighted by Crippen LogP contribution is -2.36. The van der Waals surface area contributed by atoms with Gasteiger partial charge in [0.2, 0.25) is 5.91 Å². The molecule has 2 heterocycles. The molecule has 0 radical (unpaired) electrons. The molecule has 0 aromatic rings. The van der Waals surface area contributed by atoms with Crippen molar-refractivity contribution in [3.05, 3.63) is 0 Å². The number of carbonyl (C=O) groups is 1. The van der Waals surface area contributed by atoms with E-state index in [4.69, 9.17) is 0 Å².